The van der Waals surface area contributed by atoms with Gasteiger partial charge in [0.25, 0.3) is 0 Å². The normalized spacial score (nSPS) is 23.7. The zero-order valence-corrected chi connectivity index (χ0v) is 16.8. The number of rotatable bonds is 8. The monoisotopic (exact) mass is 391 g/mol. The van der Waals surface area contributed by atoms with Crippen molar-refractivity contribution in [2.75, 3.05) is 58.9 Å². The van der Waals surface area contributed by atoms with Gasteiger partial charge in [0, 0.05) is 26.2 Å². The maximum absolute atomic E-state index is 12.5. The largest absolute Gasteiger partial charge is 0.401 e. The first kappa shape index (κ1) is 22.3. The lowest BCUT2D eigenvalue weighted by Crippen LogP contribution is -2.40. The van der Waals surface area contributed by atoms with Crippen LogP contribution in [0.5, 0.6) is 0 Å². The van der Waals surface area contributed by atoms with Crippen LogP contribution in [0, 0.1) is 11.8 Å². The van der Waals surface area contributed by atoms with Crippen molar-refractivity contribution in [2.45, 2.75) is 45.7 Å². The Labute approximate surface area is 161 Å². The summed E-state index contributed by atoms with van der Waals surface area (Å²) in [6, 6.07) is 0. The lowest BCUT2D eigenvalue weighted by atomic mass is 9.99. The van der Waals surface area contributed by atoms with Gasteiger partial charge in [0.2, 0.25) is 0 Å². The van der Waals surface area contributed by atoms with Crippen LogP contribution in [-0.2, 0) is 0 Å². The molecule has 0 saturated carbocycles. The molecule has 2 rings (SSSR count). The summed E-state index contributed by atoms with van der Waals surface area (Å²) in [6.45, 7) is 10.3. The Morgan fingerprint density at radius 2 is 1.78 bits per heavy atom. The first-order valence-electron chi connectivity index (χ1n) is 10.4. The van der Waals surface area contributed by atoms with Gasteiger partial charge in [0.05, 0.1) is 6.54 Å². The van der Waals surface area contributed by atoms with E-state index in [1.165, 1.54) is 30.8 Å². The first-order chi connectivity index (χ1) is 12.9. The molecule has 1 atom stereocenters. The Hall–Kier alpha value is -1.02. The van der Waals surface area contributed by atoms with Crippen molar-refractivity contribution in [3.05, 3.63) is 0 Å². The lowest BCUT2D eigenvalue weighted by molar-refractivity contribution is -0.143. The van der Waals surface area contributed by atoms with Gasteiger partial charge in [0.15, 0.2) is 5.96 Å². The molecule has 0 radical (unpaired) electrons. The number of alkyl halides is 3. The van der Waals surface area contributed by atoms with Crippen LogP contribution in [0.15, 0.2) is 4.99 Å². The third kappa shape index (κ3) is 9.14. The molecule has 8 heteroatoms. The molecule has 2 fully saturated rings. The van der Waals surface area contributed by atoms with E-state index in [2.05, 4.69) is 27.4 Å². The molecule has 2 aliphatic rings. The fraction of sp³-hybridized carbons (Fsp3) is 0.947. The number of hydrogen-bond donors (Lipinski definition) is 2. The van der Waals surface area contributed by atoms with E-state index in [9.17, 15) is 13.2 Å². The fourth-order valence-corrected chi connectivity index (χ4v) is 3.82. The van der Waals surface area contributed by atoms with Crippen LogP contribution in [0.2, 0.25) is 0 Å². The van der Waals surface area contributed by atoms with Crippen molar-refractivity contribution < 1.29 is 13.2 Å². The summed E-state index contributed by atoms with van der Waals surface area (Å²) < 4.78 is 37.4. The summed E-state index contributed by atoms with van der Waals surface area (Å²) in [6.07, 6.45) is 0.337. The molecule has 5 nitrogen and oxygen atoms in total. The highest BCUT2D eigenvalue weighted by molar-refractivity contribution is 5.79. The third-order valence-electron chi connectivity index (χ3n) is 5.44. The number of piperidine rings is 1. The van der Waals surface area contributed by atoms with Crippen molar-refractivity contribution in [1.82, 2.24) is 20.4 Å². The average Bonchev–Trinajstić information content (AvgIpc) is 3.03. The second-order valence-corrected chi connectivity index (χ2v) is 8.03. The van der Waals surface area contributed by atoms with E-state index in [0.29, 0.717) is 19.6 Å². The van der Waals surface area contributed by atoms with Gasteiger partial charge in [-0.25, -0.2) is 0 Å². The maximum atomic E-state index is 12.5. The minimum atomic E-state index is -4.11. The predicted octanol–water partition coefficient (Wildman–Crippen LogP) is 2.55. The minimum Gasteiger partial charge on any atom is -0.357 e. The summed E-state index contributed by atoms with van der Waals surface area (Å²) in [5.74, 6) is 1.84. The van der Waals surface area contributed by atoms with Gasteiger partial charge in [-0.15, -0.1) is 0 Å². The zero-order valence-electron chi connectivity index (χ0n) is 16.8. The molecule has 2 N–H and O–H groups in total. The molecular formula is C19H36F3N5. The van der Waals surface area contributed by atoms with Crippen LogP contribution in [0.25, 0.3) is 0 Å². The Bertz CT molecular complexity index is 447. The van der Waals surface area contributed by atoms with Crippen molar-refractivity contribution >= 4 is 5.96 Å². The molecule has 0 amide bonds. The molecule has 0 aromatic rings. The molecule has 158 valence electrons. The van der Waals surface area contributed by atoms with Crippen molar-refractivity contribution in [2.24, 2.45) is 16.8 Å². The molecular weight excluding hydrogens is 355 g/mol. The van der Waals surface area contributed by atoms with Gasteiger partial charge in [0.1, 0.15) is 0 Å². The number of nitrogens with zero attached hydrogens (tertiary/aromatic N) is 3. The van der Waals surface area contributed by atoms with Crippen molar-refractivity contribution in [3.8, 4) is 0 Å². The molecule has 1 unspecified atom stereocenters. The Morgan fingerprint density at radius 1 is 1.07 bits per heavy atom. The van der Waals surface area contributed by atoms with Gasteiger partial charge in [-0.1, -0.05) is 6.92 Å². The summed E-state index contributed by atoms with van der Waals surface area (Å²) in [5.41, 5.74) is 0. The van der Waals surface area contributed by atoms with Crippen LogP contribution in [-0.4, -0.2) is 80.8 Å². The second-order valence-electron chi connectivity index (χ2n) is 8.03. The fourth-order valence-electron chi connectivity index (χ4n) is 3.82. The van der Waals surface area contributed by atoms with E-state index in [0.717, 1.165) is 44.4 Å². The van der Waals surface area contributed by atoms with E-state index in [-0.39, 0.29) is 5.92 Å². The van der Waals surface area contributed by atoms with Crippen LogP contribution in [0.1, 0.15) is 39.5 Å². The molecule has 2 saturated heterocycles. The molecule has 2 heterocycles. The molecule has 0 aliphatic carbocycles. The standard InChI is InChI=1S/C19H36F3N5/c1-3-23-18(24-8-4-9-26-10-5-16(2)6-11-26)25-13-17-7-12-27(14-17)15-19(20,21)22/h16-17H,3-15H2,1-2H3,(H2,23,24,25). The Balaban J connectivity index is 1.65. The SMILES string of the molecule is CCNC(=NCC1CCN(CC(F)(F)F)C1)NCCCN1CCC(C)CC1. The summed E-state index contributed by atoms with van der Waals surface area (Å²) in [5, 5.41) is 6.59. The van der Waals surface area contributed by atoms with Gasteiger partial charge in [-0.2, -0.15) is 13.2 Å². The van der Waals surface area contributed by atoms with E-state index in [1.54, 1.807) is 0 Å². The maximum Gasteiger partial charge on any atom is 0.401 e. The van der Waals surface area contributed by atoms with Crippen LogP contribution < -0.4 is 10.6 Å². The van der Waals surface area contributed by atoms with Gasteiger partial charge in [-0.05, 0) is 70.6 Å². The number of guanidine groups is 1. The van der Waals surface area contributed by atoms with Crippen LogP contribution >= 0.6 is 0 Å². The van der Waals surface area contributed by atoms with Crippen molar-refractivity contribution in [3.63, 3.8) is 0 Å². The van der Waals surface area contributed by atoms with Gasteiger partial charge in [-0.3, -0.25) is 9.89 Å². The predicted molar refractivity (Wildman–Crippen MR) is 104 cm³/mol. The highest BCUT2D eigenvalue weighted by Gasteiger charge is 2.34. The Kier molecular flexibility index (Phi) is 9.15. The number of nitrogens with one attached hydrogen (secondary N) is 2. The summed E-state index contributed by atoms with van der Waals surface area (Å²) >= 11 is 0. The highest BCUT2D eigenvalue weighted by Crippen LogP contribution is 2.22. The molecule has 0 aromatic carbocycles. The second kappa shape index (κ2) is 11.1. The van der Waals surface area contributed by atoms with E-state index in [4.69, 9.17) is 0 Å². The first-order valence-corrected chi connectivity index (χ1v) is 10.4. The quantitative estimate of drug-likeness (QED) is 0.379. The average molecular weight is 392 g/mol. The lowest BCUT2D eigenvalue weighted by Gasteiger charge is -2.30. The molecule has 0 spiro atoms. The summed E-state index contributed by atoms with van der Waals surface area (Å²) in [7, 11) is 0. The van der Waals surface area contributed by atoms with E-state index >= 15 is 0 Å². The highest BCUT2D eigenvalue weighted by atomic mass is 19.4. The number of aliphatic imine (C=N–C) groups is 1. The molecule has 0 aromatic heterocycles. The van der Waals surface area contributed by atoms with Crippen LogP contribution in [0.4, 0.5) is 13.2 Å². The van der Waals surface area contributed by atoms with E-state index < -0.39 is 12.7 Å². The van der Waals surface area contributed by atoms with Gasteiger partial charge >= 0.3 is 6.18 Å². The molecule has 2 aliphatic heterocycles. The minimum absolute atomic E-state index is 0.207. The van der Waals surface area contributed by atoms with E-state index in [1.807, 2.05) is 6.92 Å². The molecule has 27 heavy (non-hydrogen) atoms. The number of hydrogen-bond acceptors (Lipinski definition) is 3. The van der Waals surface area contributed by atoms with Crippen LogP contribution in [0.3, 0.4) is 0 Å². The molecule has 0 bridgehead atoms. The number of likely N-dealkylation sites (tertiary alicyclic amines) is 2. The third-order valence-corrected chi connectivity index (χ3v) is 5.44. The summed E-state index contributed by atoms with van der Waals surface area (Å²) in [4.78, 5) is 8.61. The smallest absolute Gasteiger partial charge is 0.357 e. The number of halogens is 3. The van der Waals surface area contributed by atoms with Gasteiger partial charge < -0.3 is 15.5 Å². The zero-order chi connectivity index (χ0) is 19.7. The van der Waals surface area contributed by atoms with Crippen molar-refractivity contribution in [1.29, 1.82) is 0 Å². The Morgan fingerprint density at radius 3 is 2.44 bits per heavy atom. The topological polar surface area (TPSA) is 42.9 Å².